The number of aliphatic hydroxyl groups is 1. The summed E-state index contributed by atoms with van der Waals surface area (Å²) in [6.45, 7) is 1.09. The Balaban J connectivity index is 2.19. The Labute approximate surface area is 123 Å². The van der Waals surface area contributed by atoms with Gasteiger partial charge in [-0.1, -0.05) is 11.6 Å². The van der Waals surface area contributed by atoms with Crippen molar-refractivity contribution in [3.8, 4) is 0 Å². The van der Waals surface area contributed by atoms with Gasteiger partial charge in [0, 0.05) is 24.7 Å². The van der Waals surface area contributed by atoms with Gasteiger partial charge in [0.15, 0.2) is 0 Å². The van der Waals surface area contributed by atoms with E-state index >= 15 is 0 Å². The zero-order valence-corrected chi connectivity index (χ0v) is 12.5. The topological polar surface area (TPSA) is 69.8 Å². The average Bonchev–Trinajstić information content (AvgIpc) is 2.72. The maximum absolute atomic E-state index is 12.5. The van der Waals surface area contributed by atoms with Crippen LogP contribution in [0.25, 0.3) is 0 Å². The molecule has 2 rings (SSSR count). The lowest BCUT2D eigenvalue weighted by molar-refractivity contribution is 0.0699. The number of amides is 1. The molecule has 0 radical (unpaired) electrons. The van der Waals surface area contributed by atoms with Gasteiger partial charge in [-0.15, -0.1) is 0 Å². The molecule has 20 heavy (non-hydrogen) atoms. The molecule has 5 nitrogen and oxygen atoms in total. The van der Waals surface area contributed by atoms with Gasteiger partial charge in [0.05, 0.1) is 16.8 Å². The van der Waals surface area contributed by atoms with E-state index in [0.717, 1.165) is 6.54 Å². The molecule has 0 spiro atoms. The third-order valence-corrected chi connectivity index (χ3v) is 3.82. The van der Waals surface area contributed by atoms with E-state index in [-0.39, 0.29) is 11.9 Å². The van der Waals surface area contributed by atoms with Crippen molar-refractivity contribution in [1.82, 2.24) is 9.80 Å². The van der Waals surface area contributed by atoms with Crippen LogP contribution in [-0.4, -0.2) is 60.1 Å². The number of hydrogen-bond acceptors (Lipinski definition) is 4. The minimum Gasteiger partial charge on any atom is -0.398 e. The smallest absolute Gasteiger partial charge is 0.254 e. The number of nitrogens with zero attached hydrogens (tertiary/aromatic N) is 2. The van der Waals surface area contributed by atoms with Crippen LogP contribution in [-0.2, 0) is 0 Å². The van der Waals surface area contributed by atoms with Crippen molar-refractivity contribution in [2.75, 3.05) is 32.9 Å². The van der Waals surface area contributed by atoms with Gasteiger partial charge in [-0.25, -0.2) is 0 Å². The average molecular weight is 298 g/mol. The molecule has 1 aromatic carbocycles. The fourth-order valence-electron chi connectivity index (χ4n) is 2.58. The number of aliphatic hydroxyl groups excluding tert-OH is 1. The van der Waals surface area contributed by atoms with Crippen LogP contribution in [0.3, 0.4) is 0 Å². The van der Waals surface area contributed by atoms with Gasteiger partial charge >= 0.3 is 0 Å². The first-order chi connectivity index (χ1) is 9.38. The van der Waals surface area contributed by atoms with Crippen molar-refractivity contribution in [2.24, 2.45) is 0 Å². The zero-order valence-electron chi connectivity index (χ0n) is 11.7. The Hall–Kier alpha value is -1.30. The number of nitrogens with two attached hydrogens (primary N) is 1. The standard InChI is InChI=1S/C14H20ClN3O2/c1-17(2)7-10-6-11(19)8-18(10)14(20)9-3-4-12(15)13(16)5-9/h3-5,10-11,19H,6-8,16H2,1-2H3. The van der Waals surface area contributed by atoms with Crippen LogP contribution in [0, 0.1) is 0 Å². The molecule has 2 unspecified atom stereocenters. The number of hydrogen-bond donors (Lipinski definition) is 2. The van der Waals surface area contributed by atoms with Crippen molar-refractivity contribution in [2.45, 2.75) is 18.6 Å². The lowest BCUT2D eigenvalue weighted by atomic mass is 10.1. The van der Waals surface area contributed by atoms with E-state index in [1.807, 2.05) is 19.0 Å². The number of carbonyl (C=O) groups excluding carboxylic acids is 1. The van der Waals surface area contributed by atoms with Crippen LogP contribution in [0.2, 0.25) is 5.02 Å². The first-order valence-electron chi connectivity index (χ1n) is 6.57. The fourth-order valence-corrected chi connectivity index (χ4v) is 2.70. The van der Waals surface area contributed by atoms with Gasteiger partial charge in [-0.05, 0) is 38.7 Å². The Morgan fingerprint density at radius 1 is 1.55 bits per heavy atom. The third-order valence-electron chi connectivity index (χ3n) is 3.47. The van der Waals surface area contributed by atoms with Crippen molar-refractivity contribution in [3.63, 3.8) is 0 Å². The van der Waals surface area contributed by atoms with Gasteiger partial charge in [-0.3, -0.25) is 4.79 Å². The van der Waals surface area contributed by atoms with Crippen molar-refractivity contribution in [3.05, 3.63) is 28.8 Å². The number of nitrogen functional groups attached to an aromatic ring is 1. The van der Waals surface area contributed by atoms with Gasteiger partial charge in [0.2, 0.25) is 0 Å². The molecule has 1 amide bonds. The summed E-state index contributed by atoms with van der Waals surface area (Å²) in [5, 5.41) is 10.3. The van der Waals surface area contributed by atoms with Crippen LogP contribution >= 0.6 is 11.6 Å². The molecule has 2 atom stereocenters. The van der Waals surface area contributed by atoms with Crippen LogP contribution in [0.5, 0.6) is 0 Å². The number of benzene rings is 1. The lowest BCUT2D eigenvalue weighted by Crippen LogP contribution is -2.41. The molecule has 0 aromatic heterocycles. The molecule has 1 saturated heterocycles. The molecule has 1 fully saturated rings. The van der Waals surface area contributed by atoms with Gasteiger partial charge in [0.1, 0.15) is 0 Å². The predicted octanol–water partition coefficient (Wildman–Crippen LogP) is 1.06. The molecule has 0 aliphatic carbocycles. The maximum Gasteiger partial charge on any atom is 0.254 e. The summed E-state index contributed by atoms with van der Waals surface area (Å²) in [6, 6.07) is 4.89. The molecule has 6 heteroatoms. The number of anilines is 1. The minimum absolute atomic E-state index is 0.0180. The van der Waals surface area contributed by atoms with Crippen LogP contribution in [0.15, 0.2) is 18.2 Å². The van der Waals surface area contributed by atoms with E-state index < -0.39 is 6.10 Å². The van der Waals surface area contributed by atoms with Gasteiger partial charge in [-0.2, -0.15) is 0 Å². The van der Waals surface area contributed by atoms with Crippen LogP contribution < -0.4 is 5.73 Å². The Kier molecular flexibility index (Phi) is 4.52. The Morgan fingerprint density at radius 2 is 2.25 bits per heavy atom. The summed E-state index contributed by atoms with van der Waals surface area (Å²) in [5.74, 6) is -0.114. The molecular weight excluding hydrogens is 278 g/mol. The summed E-state index contributed by atoms with van der Waals surface area (Å²) < 4.78 is 0. The van der Waals surface area contributed by atoms with Crippen molar-refractivity contribution < 1.29 is 9.90 Å². The number of likely N-dealkylation sites (tertiary alicyclic amines) is 1. The zero-order chi connectivity index (χ0) is 14.9. The first kappa shape index (κ1) is 15.1. The largest absolute Gasteiger partial charge is 0.398 e. The number of halogens is 1. The molecule has 1 aliphatic rings. The van der Waals surface area contributed by atoms with E-state index in [1.54, 1.807) is 23.1 Å². The fraction of sp³-hybridized carbons (Fsp3) is 0.500. The second kappa shape index (κ2) is 5.99. The molecule has 3 N–H and O–H groups in total. The first-order valence-corrected chi connectivity index (χ1v) is 6.95. The highest BCUT2D eigenvalue weighted by Crippen LogP contribution is 2.24. The molecule has 110 valence electrons. The number of likely N-dealkylation sites (N-methyl/N-ethyl adjacent to an activating group) is 1. The molecule has 0 saturated carbocycles. The predicted molar refractivity (Wildman–Crippen MR) is 79.9 cm³/mol. The molecule has 1 aromatic rings. The Bertz CT molecular complexity index is 507. The van der Waals surface area contributed by atoms with Crippen LogP contribution in [0.1, 0.15) is 16.8 Å². The summed E-state index contributed by atoms with van der Waals surface area (Å²) in [4.78, 5) is 16.3. The highest BCUT2D eigenvalue weighted by molar-refractivity contribution is 6.33. The Morgan fingerprint density at radius 3 is 2.85 bits per heavy atom. The molecule has 1 aliphatic heterocycles. The number of rotatable bonds is 3. The molecule has 1 heterocycles. The normalized spacial score (nSPS) is 22.6. The highest BCUT2D eigenvalue weighted by atomic mass is 35.5. The van der Waals surface area contributed by atoms with Crippen LogP contribution in [0.4, 0.5) is 5.69 Å². The van der Waals surface area contributed by atoms with E-state index in [4.69, 9.17) is 17.3 Å². The van der Waals surface area contributed by atoms with E-state index in [9.17, 15) is 9.90 Å². The molecule has 0 bridgehead atoms. The quantitative estimate of drug-likeness (QED) is 0.819. The number of carbonyl (C=O) groups is 1. The lowest BCUT2D eigenvalue weighted by Gasteiger charge is -2.27. The third kappa shape index (κ3) is 3.23. The molecular formula is C14H20ClN3O2. The highest BCUT2D eigenvalue weighted by Gasteiger charge is 2.34. The van der Waals surface area contributed by atoms with Gasteiger partial charge in [0.25, 0.3) is 5.91 Å². The van der Waals surface area contributed by atoms with E-state index in [1.165, 1.54) is 0 Å². The second-order valence-corrected chi connectivity index (χ2v) is 5.91. The maximum atomic E-state index is 12.5. The summed E-state index contributed by atoms with van der Waals surface area (Å²) >= 11 is 5.87. The van der Waals surface area contributed by atoms with Crippen molar-refractivity contribution in [1.29, 1.82) is 0 Å². The summed E-state index contributed by atoms with van der Waals surface area (Å²) in [5.41, 5.74) is 6.63. The second-order valence-electron chi connectivity index (χ2n) is 5.50. The van der Waals surface area contributed by atoms with E-state index in [0.29, 0.717) is 29.2 Å². The number of β-amino-alcohol motifs (C(OH)–C–C–N with tert-alkyl or cyclic N) is 1. The van der Waals surface area contributed by atoms with E-state index in [2.05, 4.69) is 0 Å². The summed E-state index contributed by atoms with van der Waals surface area (Å²) in [7, 11) is 3.90. The minimum atomic E-state index is -0.464. The summed E-state index contributed by atoms with van der Waals surface area (Å²) in [6.07, 6.45) is 0.140. The SMILES string of the molecule is CN(C)CC1CC(O)CN1C(=O)c1ccc(Cl)c(N)c1. The monoisotopic (exact) mass is 297 g/mol. The van der Waals surface area contributed by atoms with Gasteiger partial charge < -0.3 is 20.6 Å². The van der Waals surface area contributed by atoms with Crippen molar-refractivity contribution >= 4 is 23.2 Å².